The summed E-state index contributed by atoms with van der Waals surface area (Å²) >= 11 is 0. The lowest BCUT2D eigenvalue weighted by Crippen LogP contribution is -2.60. The Morgan fingerprint density at radius 2 is 2.00 bits per heavy atom. The minimum absolute atomic E-state index is 0.0820. The van der Waals surface area contributed by atoms with Gasteiger partial charge in [-0.15, -0.1) is 0 Å². The van der Waals surface area contributed by atoms with E-state index in [1.54, 1.807) is 7.11 Å². The monoisotopic (exact) mass is 304 g/mol. The normalized spacial score (nSPS) is 26.2. The van der Waals surface area contributed by atoms with Crippen molar-refractivity contribution in [1.82, 2.24) is 9.80 Å². The summed E-state index contributed by atoms with van der Waals surface area (Å²) in [6, 6.07) is 7.32. The number of carbonyl (C=O) groups is 1. The van der Waals surface area contributed by atoms with Crippen molar-refractivity contribution in [2.24, 2.45) is 0 Å². The van der Waals surface area contributed by atoms with Crippen LogP contribution >= 0.6 is 0 Å². The number of amides is 1. The van der Waals surface area contributed by atoms with E-state index in [-0.39, 0.29) is 11.5 Å². The van der Waals surface area contributed by atoms with Crippen LogP contribution < -0.4 is 4.74 Å². The Hall–Kier alpha value is -1.59. The van der Waals surface area contributed by atoms with Gasteiger partial charge in [0.05, 0.1) is 25.9 Å². The maximum absolute atomic E-state index is 12.7. The van der Waals surface area contributed by atoms with Crippen LogP contribution in [0.25, 0.3) is 0 Å². The minimum atomic E-state index is -0.187. The number of hydrogen-bond donors (Lipinski definition) is 0. The molecule has 1 spiro atoms. The van der Waals surface area contributed by atoms with Gasteiger partial charge in [0.15, 0.2) is 0 Å². The van der Waals surface area contributed by atoms with Crippen LogP contribution in [0, 0.1) is 0 Å². The molecule has 1 aromatic carbocycles. The number of hydrogen-bond acceptors (Lipinski definition) is 4. The van der Waals surface area contributed by atoms with E-state index in [9.17, 15) is 4.79 Å². The highest BCUT2D eigenvalue weighted by Crippen LogP contribution is 2.29. The molecule has 2 saturated heterocycles. The lowest BCUT2D eigenvalue weighted by atomic mass is 9.91. The van der Waals surface area contributed by atoms with E-state index in [2.05, 4.69) is 11.9 Å². The number of piperidine rings is 1. The van der Waals surface area contributed by atoms with Crippen LogP contribution in [0.4, 0.5) is 0 Å². The minimum Gasteiger partial charge on any atom is -0.497 e. The van der Waals surface area contributed by atoms with Crippen molar-refractivity contribution in [3.05, 3.63) is 29.8 Å². The first-order valence-electron chi connectivity index (χ1n) is 7.88. The van der Waals surface area contributed by atoms with Crippen molar-refractivity contribution in [3.63, 3.8) is 0 Å². The summed E-state index contributed by atoms with van der Waals surface area (Å²) < 4.78 is 11.2. The van der Waals surface area contributed by atoms with Crippen LogP contribution in [0.2, 0.25) is 0 Å². The fraction of sp³-hybridized carbons (Fsp3) is 0.588. The van der Waals surface area contributed by atoms with E-state index in [0.717, 1.165) is 31.7 Å². The number of likely N-dealkylation sites (tertiary alicyclic amines) is 1. The highest BCUT2D eigenvalue weighted by Gasteiger charge is 2.41. The van der Waals surface area contributed by atoms with Gasteiger partial charge in [0.1, 0.15) is 5.75 Å². The molecule has 0 saturated carbocycles. The fourth-order valence-electron chi connectivity index (χ4n) is 3.50. The zero-order chi connectivity index (χ0) is 15.6. The van der Waals surface area contributed by atoms with Crippen molar-refractivity contribution < 1.29 is 14.3 Å². The summed E-state index contributed by atoms with van der Waals surface area (Å²) in [6.45, 7) is 3.98. The Labute approximate surface area is 131 Å². The molecule has 1 aromatic rings. The Morgan fingerprint density at radius 1 is 1.23 bits per heavy atom. The third kappa shape index (κ3) is 3.10. The lowest BCUT2D eigenvalue weighted by Gasteiger charge is -2.47. The molecule has 2 aliphatic heterocycles. The average molecular weight is 304 g/mol. The Kier molecular flexibility index (Phi) is 4.36. The summed E-state index contributed by atoms with van der Waals surface area (Å²) in [4.78, 5) is 17.0. The third-order valence-electron chi connectivity index (χ3n) is 4.60. The zero-order valence-corrected chi connectivity index (χ0v) is 13.4. The van der Waals surface area contributed by atoms with E-state index in [4.69, 9.17) is 9.47 Å². The third-order valence-corrected chi connectivity index (χ3v) is 4.60. The number of rotatable bonds is 2. The van der Waals surface area contributed by atoms with Crippen LogP contribution in [0.1, 0.15) is 23.2 Å². The lowest BCUT2D eigenvalue weighted by molar-refractivity contribution is -0.128. The molecule has 0 N–H and O–H groups in total. The maximum Gasteiger partial charge on any atom is 0.254 e. The predicted molar refractivity (Wildman–Crippen MR) is 84.3 cm³/mol. The first-order valence-corrected chi connectivity index (χ1v) is 7.88. The molecule has 1 amide bonds. The van der Waals surface area contributed by atoms with Crippen molar-refractivity contribution in [3.8, 4) is 5.75 Å². The van der Waals surface area contributed by atoms with Gasteiger partial charge in [-0.2, -0.15) is 0 Å². The van der Waals surface area contributed by atoms with Gasteiger partial charge < -0.3 is 19.3 Å². The molecule has 22 heavy (non-hydrogen) atoms. The second-order valence-electron chi connectivity index (χ2n) is 6.33. The topological polar surface area (TPSA) is 42.0 Å². The predicted octanol–water partition coefficient (Wildman–Crippen LogP) is 1.63. The second kappa shape index (κ2) is 6.26. The van der Waals surface area contributed by atoms with Gasteiger partial charge in [0.2, 0.25) is 0 Å². The Bertz CT molecular complexity index is 527. The highest BCUT2D eigenvalue weighted by atomic mass is 16.5. The molecular weight excluding hydrogens is 280 g/mol. The maximum atomic E-state index is 12.7. The summed E-state index contributed by atoms with van der Waals surface area (Å²) in [6.07, 6.45) is 2.16. The standard InChI is InChI=1S/C17H24N2O3/c1-18-9-3-8-17(12-18)13-19(10-11-22-17)16(20)14-4-6-15(21-2)7-5-14/h4-7H,3,8-13H2,1-2H3/t17-/m1/s1. The molecule has 1 atom stereocenters. The fourth-order valence-corrected chi connectivity index (χ4v) is 3.50. The molecule has 0 aliphatic carbocycles. The van der Waals surface area contributed by atoms with Crippen molar-refractivity contribution in [1.29, 1.82) is 0 Å². The summed E-state index contributed by atoms with van der Waals surface area (Å²) in [5.74, 6) is 0.849. The number of ether oxygens (including phenoxy) is 2. The van der Waals surface area contributed by atoms with Crippen LogP contribution in [-0.2, 0) is 4.74 Å². The van der Waals surface area contributed by atoms with E-state index >= 15 is 0 Å². The van der Waals surface area contributed by atoms with Crippen LogP contribution in [-0.4, -0.2) is 68.3 Å². The molecule has 120 valence electrons. The largest absolute Gasteiger partial charge is 0.497 e. The van der Waals surface area contributed by atoms with Gasteiger partial charge in [-0.3, -0.25) is 4.79 Å². The molecule has 0 radical (unpaired) electrons. The molecule has 2 fully saturated rings. The van der Waals surface area contributed by atoms with E-state index < -0.39 is 0 Å². The van der Waals surface area contributed by atoms with Gasteiger partial charge in [-0.1, -0.05) is 0 Å². The molecule has 0 aromatic heterocycles. The van der Waals surface area contributed by atoms with Crippen LogP contribution in [0.15, 0.2) is 24.3 Å². The van der Waals surface area contributed by atoms with Gasteiger partial charge in [0, 0.05) is 18.7 Å². The Balaban J connectivity index is 1.72. The number of benzene rings is 1. The number of likely N-dealkylation sites (N-methyl/N-ethyl adjacent to an activating group) is 1. The molecule has 5 heteroatoms. The van der Waals surface area contributed by atoms with E-state index in [1.807, 2.05) is 29.2 Å². The molecule has 2 aliphatic rings. The highest BCUT2D eigenvalue weighted by molar-refractivity contribution is 5.94. The quantitative estimate of drug-likeness (QED) is 0.833. The van der Waals surface area contributed by atoms with E-state index in [1.165, 1.54) is 0 Å². The smallest absolute Gasteiger partial charge is 0.254 e. The molecular formula is C17H24N2O3. The molecule has 0 unspecified atom stereocenters. The van der Waals surface area contributed by atoms with Crippen LogP contribution in [0.3, 0.4) is 0 Å². The number of methoxy groups -OCH3 is 1. The number of carbonyl (C=O) groups excluding carboxylic acids is 1. The SMILES string of the molecule is COc1ccc(C(=O)N2CCO[C@@]3(CCCN(C)C3)C2)cc1. The first kappa shape index (κ1) is 15.3. The van der Waals surface area contributed by atoms with Gasteiger partial charge >= 0.3 is 0 Å². The first-order chi connectivity index (χ1) is 10.6. The molecule has 0 bridgehead atoms. The average Bonchev–Trinajstić information content (AvgIpc) is 2.54. The second-order valence-corrected chi connectivity index (χ2v) is 6.33. The van der Waals surface area contributed by atoms with Crippen molar-refractivity contribution in [2.75, 3.05) is 46.9 Å². The number of morpholine rings is 1. The summed E-state index contributed by atoms with van der Waals surface area (Å²) in [5.41, 5.74) is 0.523. The van der Waals surface area contributed by atoms with Gasteiger partial charge in [-0.05, 0) is 50.7 Å². The summed E-state index contributed by atoms with van der Waals surface area (Å²) in [7, 11) is 3.75. The van der Waals surface area contributed by atoms with Crippen LogP contribution in [0.5, 0.6) is 5.75 Å². The molecule has 2 heterocycles. The molecule has 5 nitrogen and oxygen atoms in total. The van der Waals surface area contributed by atoms with E-state index in [0.29, 0.717) is 25.3 Å². The van der Waals surface area contributed by atoms with Gasteiger partial charge in [0.25, 0.3) is 5.91 Å². The van der Waals surface area contributed by atoms with Crippen molar-refractivity contribution in [2.45, 2.75) is 18.4 Å². The van der Waals surface area contributed by atoms with Gasteiger partial charge in [-0.25, -0.2) is 0 Å². The Morgan fingerprint density at radius 3 is 2.68 bits per heavy atom. The van der Waals surface area contributed by atoms with Crippen molar-refractivity contribution >= 4 is 5.91 Å². The molecule has 3 rings (SSSR count). The summed E-state index contributed by atoms with van der Waals surface area (Å²) in [5, 5.41) is 0. The zero-order valence-electron chi connectivity index (χ0n) is 13.4. The number of nitrogens with zero attached hydrogens (tertiary/aromatic N) is 2.